The van der Waals surface area contributed by atoms with Gasteiger partial charge < -0.3 is 10.1 Å². The molecule has 88 valence electrons. The summed E-state index contributed by atoms with van der Waals surface area (Å²) in [5, 5.41) is 3.59. The molecule has 1 N–H and O–H groups in total. The average molecular weight is 219 g/mol. The Balaban J connectivity index is 2.02. The van der Waals surface area contributed by atoms with E-state index < -0.39 is 0 Å². The molecular weight excluding hydrogens is 198 g/mol. The van der Waals surface area contributed by atoms with Gasteiger partial charge in [-0.1, -0.05) is 25.1 Å². The van der Waals surface area contributed by atoms with E-state index in [0.717, 1.165) is 24.6 Å². The lowest BCUT2D eigenvalue weighted by Crippen LogP contribution is -2.38. The van der Waals surface area contributed by atoms with Crippen LogP contribution in [-0.4, -0.2) is 19.7 Å². The minimum atomic E-state index is 0.611. The van der Waals surface area contributed by atoms with E-state index in [2.05, 4.69) is 24.4 Å². The third kappa shape index (κ3) is 2.76. The number of nitrogens with one attached hydrogen (secondary N) is 1. The highest BCUT2D eigenvalue weighted by molar-refractivity contribution is 5.33. The third-order valence-electron chi connectivity index (χ3n) is 3.42. The summed E-state index contributed by atoms with van der Waals surface area (Å²) in [5.41, 5.74) is 1.32. The summed E-state index contributed by atoms with van der Waals surface area (Å²) in [4.78, 5) is 0. The molecule has 0 aliphatic carbocycles. The second-order valence-electron chi connectivity index (χ2n) is 4.80. The van der Waals surface area contributed by atoms with E-state index in [1.807, 2.05) is 12.1 Å². The molecule has 2 rings (SSSR count). The zero-order valence-electron chi connectivity index (χ0n) is 10.2. The van der Waals surface area contributed by atoms with Crippen LogP contribution in [0.3, 0.4) is 0 Å². The van der Waals surface area contributed by atoms with Crippen molar-refractivity contribution >= 4 is 0 Å². The molecule has 16 heavy (non-hydrogen) atoms. The van der Waals surface area contributed by atoms with E-state index in [0.29, 0.717) is 6.04 Å². The fraction of sp³-hybridized carbons (Fsp3) is 0.571. The number of ether oxygens (including phenoxy) is 1. The van der Waals surface area contributed by atoms with Crippen molar-refractivity contribution in [2.75, 3.05) is 13.7 Å². The van der Waals surface area contributed by atoms with E-state index in [9.17, 15) is 0 Å². The third-order valence-corrected chi connectivity index (χ3v) is 3.42. The monoisotopic (exact) mass is 219 g/mol. The van der Waals surface area contributed by atoms with Gasteiger partial charge in [0.05, 0.1) is 7.11 Å². The van der Waals surface area contributed by atoms with Crippen molar-refractivity contribution < 1.29 is 4.74 Å². The predicted octanol–water partition coefficient (Wildman–Crippen LogP) is 2.63. The van der Waals surface area contributed by atoms with Gasteiger partial charge in [-0.25, -0.2) is 0 Å². The molecule has 2 atom stereocenters. The highest BCUT2D eigenvalue weighted by Gasteiger charge is 2.19. The van der Waals surface area contributed by atoms with Gasteiger partial charge in [-0.2, -0.15) is 0 Å². The van der Waals surface area contributed by atoms with Crippen molar-refractivity contribution in [1.82, 2.24) is 5.32 Å². The van der Waals surface area contributed by atoms with E-state index in [1.54, 1.807) is 7.11 Å². The van der Waals surface area contributed by atoms with E-state index in [4.69, 9.17) is 4.74 Å². The summed E-state index contributed by atoms with van der Waals surface area (Å²) in [6, 6.07) is 8.94. The molecule has 0 bridgehead atoms. The zero-order valence-corrected chi connectivity index (χ0v) is 10.2. The molecule has 0 amide bonds. The molecule has 1 aliphatic rings. The molecule has 0 spiro atoms. The number of benzene rings is 1. The van der Waals surface area contributed by atoms with E-state index >= 15 is 0 Å². The zero-order chi connectivity index (χ0) is 11.4. The Morgan fingerprint density at radius 3 is 2.94 bits per heavy atom. The van der Waals surface area contributed by atoms with Gasteiger partial charge >= 0.3 is 0 Å². The number of rotatable bonds is 3. The van der Waals surface area contributed by atoms with Gasteiger partial charge in [-0.15, -0.1) is 0 Å². The maximum absolute atomic E-state index is 5.39. The van der Waals surface area contributed by atoms with Crippen molar-refractivity contribution in [3.05, 3.63) is 29.8 Å². The number of hydrogen-bond acceptors (Lipinski definition) is 2. The van der Waals surface area contributed by atoms with Gasteiger partial charge in [-0.05, 0) is 43.4 Å². The molecule has 1 saturated heterocycles. The molecule has 2 heteroatoms. The Labute approximate surface area is 98.0 Å². The number of para-hydroxylation sites is 1. The average Bonchev–Trinajstić information content (AvgIpc) is 2.30. The first kappa shape index (κ1) is 11.5. The summed E-state index contributed by atoms with van der Waals surface area (Å²) < 4.78 is 5.39. The molecule has 1 heterocycles. The van der Waals surface area contributed by atoms with Gasteiger partial charge in [0.2, 0.25) is 0 Å². The Kier molecular flexibility index (Phi) is 3.83. The first-order valence-corrected chi connectivity index (χ1v) is 6.15. The minimum absolute atomic E-state index is 0.611. The fourth-order valence-electron chi connectivity index (χ4n) is 2.51. The van der Waals surface area contributed by atoms with Crippen LogP contribution in [0.25, 0.3) is 0 Å². The van der Waals surface area contributed by atoms with Gasteiger partial charge in [-0.3, -0.25) is 0 Å². The Bertz CT molecular complexity index is 337. The first-order chi connectivity index (χ1) is 7.79. The highest BCUT2D eigenvalue weighted by Crippen LogP contribution is 2.23. The van der Waals surface area contributed by atoms with Crippen molar-refractivity contribution in [1.29, 1.82) is 0 Å². The lowest BCUT2D eigenvalue weighted by molar-refractivity contribution is 0.315. The normalized spacial score (nSPS) is 25.4. The lowest BCUT2D eigenvalue weighted by Gasteiger charge is -2.28. The van der Waals surface area contributed by atoms with Gasteiger partial charge in [0.25, 0.3) is 0 Å². The molecule has 2 nitrogen and oxygen atoms in total. The maximum Gasteiger partial charge on any atom is 0.122 e. The summed E-state index contributed by atoms with van der Waals surface area (Å²) in [6.07, 6.45) is 3.66. The van der Waals surface area contributed by atoms with Crippen molar-refractivity contribution in [3.8, 4) is 5.75 Å². The van der Waals surface area contributed by atoms with Crippen LogP contribution in [0.4, 0.5) is 0 Å². The summed E-state index contributed by atoms with van der Waals surface area (Å²) in [6.45, 7) is 3.50. The Morgan fingerprint density at radius 2 is 2.19 bits per heavy atom. The Morgan fingerprint density at radius 1 is 1.38 bits per heavy atom. The molecule has 0 saturated carbocycles. The van der Waals surface area contributed by atoms with E-state index in [-0.39, 0.29) is 0 Å². The van der Waals surface area contributed by atoms with Crippen molar-refractivity contribution in [2.45, 2.75) is 32.2 Å². The molecule has 2 unspecified atom stereocenters. The maximum atomic E-state index is 5.39. The van der Waals surface area contributed by atoms with Crippen molar-refractivity contribution in [3.63, 3.8) is 0 Å². The van der Waals surface area contributed by atoms with Crippen LogP contribution in [0, 0.1) is 5.92 Å². The minimum Gasteiger partial charge on any atom is -0.496 e. The standard InChI is InChI=1S/C14H21NO/c1-11-7-8-15-13(9-11)10-12-5-3-4-6-14(12)16-2/h3-6,11,13,15H,7-10H2,1-2H3. The lowest BCUT2D eigenvalue weighted by atomic mass is 9.90. The summed E-state index contributed by atoms with van der Waals surface area (Å²) in [7, 11) is 1.75. The first-order valence-electron chi connectivity index (χ1n) is 6.15. The smallest absolute Gasteiger partial charge is 0.122 e. The largest absolute Gasteiger partial charge is 0.496 e. The van der Waals surface area contributed by atoms with Crippen LogP contribution in [0.1, 0.15) is 25.3 Å². The number of hydrogen-bond donors (Lipinski definition) is 1. The quantitative estimate of drug-likeness (QED) is 0.843. The van der Waals surface area contributed by atoms with Crippen LogP contribution in [0.15, 0.2) is 24.3 Å². The number of piperidine rings is 1. The van der Waals surface area contributed by atoms with Crippen molar-refractivity contribution in [2.24, 2.45) is 5.92 Å². The second kappa shape index (κ2) is 5.35. The highest BCUT2D eigenvalue weighted by atomic mass is 16.5. The van der Waals surface area contributed by atoms with Crippen LogP contribution in [-0.2, 0) is 6.42 Å². The molecule has 1 aliphatic heterocycles. The molecule has 0 radical (unpaired) electrons. The molecule has 1 aromatic carbocycles. The number of methoxy groups -OCH3 is 1. The predicted molar refractivity (Wildman–Crippen MR) is 66.9 cm³/mol. The van der Waals surface area contributed by atoms with Gasteiger partial charge in [0.15, 0.2) is 0 Å². The fourth-order valence-corrected chi connectivity index (χ4v) is 2.51. The second-order valence-corrected chi connectivity index (χ2v) is 4.80. The topological polar surface area (TPSA) is 21.3 Å². The van der Waals surface area contributed by atoms with Crippen LogP contribution >= 0.6 is 0 Å². The van der Waals surface area contributed by atoms with Crippen LogP contribution in [0.2, 0.25) is 0 Å². The molecule has 1 fully saturated rings. The molecule has 1 aromatic rings. The van der Waals surface area contributed by atoms with E-state index in [1.165, 1.54) is 18.4 Å². The van der Waals surface area contributed by atoms with Gasteiger partial charge in [0.1, 0.15) is 5.75 Å². The SMILES string of the molecule is COc1ccccc1CC1CC(C)CCN1. The summed E-state index contributed by atoms with van der Waals surface area (Å²) >= 11 is 0. The van der Waals surface area contributed by atoms with Crippen LogP contribution in [0.5, 0.6) is 5.75 Å². The molecule has 0 aromatic heterocycles. The molecular formula is C14H21NO. The Hall–Kier alpha value is -1.02. The van der Waals surface area contributed by atoms with Crippen LogP contribution < -0.4 is 10.1 Å². The van der Waals surface area contributed by atoms with Gasteiger partial charge in [0, 0.05) is 6.04 Å². The summed E-state index contributed by atoms with van der Waals surface area (Å²) in [5.74, 6) is 1.86.